The van der Waals surface area contributed by atoms with Crippen molar-refractivity contribution in [2.45, 2.75) is 66.2 Å². The average molecular weight is 481 g/mol. The van der Waals surface area contributed by atoms with E-state index >= 15 is 0 Å². The highest BCUT2D eigenvalue weighted by molar-refractivity contribution is 6.06. The highest BCUT2D eigenvalue weighted by Crippen LogP contribution is 2.54. The first-order valence-corrected chi connectivity index (χ1v) is 12.3. The Hall–Kier alpha value is -3.09. The smallest absolute Gasteiger partial charge is 0.255 e. The quantitative estimate of drug-likeness (QED) is 0.653. The van der Waals surface area contributed by atoms with Gasteiger partial charge < -0.3 is 20.1 Å². The fourth-order valence-corrected chi connectivity index (χ4v) is 5.89. The molecule has 1 amide bonds. The Labute approximate surface area is 207 Å². The van der Waals surface area contributed by atoms with Crippen molar-refractivity contribution >= 4 is 17.5 Å². The van der Waals surface area contributed by atoms with E-state index in [4.69, 9.17) is 15.2 Å². The van der Waals surface area contributed by atoms with Crippen molar-refractivity contribution in [1.29, 1.82) is 0 Å². The van der Waals surface area contributed by atoms with Gasteiger partial charge in [-0.2, -0.15) is 0 Å². The van der Waals surface area contributed by atoms with E-state index < -0.39 is 11.8 Å². The van der Waals surface area contributed by atoms with E-state index in [9.17, 15) is 14.4 Å². The number of hydrogen-bond acceptors (Lipinski definition) is 6. The van der Waals surface area contributed by atoms with Crippen LogP contribution in [0.2, 0.25) is 0 Å². The van der Waals surface area contributed by atoms with Gasteiger partial charge in [0.25, 0.3) is 5.91 Å². The molecule has 0 spiro atoms. The normalized spacial score (nSPS) is 21.6. The summed E-state index contributed by atoms with van der Waals surface area (Å²) >= 11 is 0. The molecule has 4 rings (SSSR count). The Morgan fingerprint density at radius 3 is 1.97 bits per heavy atom. The van der Waals surface area contributed by atoms with Gasteiger partial charge in [-0.25, -0.2) is 0 Å². The van der Waals surface area contributed by atoms with Gasteiger partial charge in [-0.05, 0) is 48.3 Å². The summed E-state index contributed by atoms with van der Waals surface area (Å²) in [5, 5.41) is 0. The van der Waals surface area contributed by atoms with E-state index in [0.717, 1.165) is 40.9 Å². The van der Waals surface area contributed by atoms with Crippen molar-refractivity contribution in [2.75, 3.05) is 20.3 Å². The second-order valence-electron chi connectivity index (χ2n) is 11.4. The average Bonchev–Trinajstić information content (AvgIpc) is 2.74. The number of Topliss-reactive ketones (excluding diaryl/α,β-unsaturated/α-hetero) is 2. The second-order valence-corrected chi connectivity index (χ2v) is 11.4. The van der Waals surface area contributed by atoms with Crippen molar-refractivity contribution in [3.05, 3.63) is 46.3 Å². The SMILES string of the molecule is CCN1C2=C(C(=O)CC(C)(C)C2)C(c2ccc(OCC(N)=O)c(OC)c2)C2=C1CC(C)(C)CC2=O. The lowest BCUT2D eigenvalue weighted by Gasteiger charge is -2.48. The van der Waals surface area contributed by atoms with E-state index in [1.165, 1.54) is 7.11 Å². The van der Waals surface area contributed by atoms with E-state index in [0.29, 0.717) is 30.9 Å². The molecule has 0 fully saturated rings. The predicted octanol–water partition coefficient (Wildman–Crippen LogP) is 4.26. The lowest BCUT2D eigenvalue weighted by molar-refractivity contribution is -0.121. The van der Waals surface area contributed by atoms with Crippen LogP contribution in [0.3, 0.4) is 0 Å². The minimum absolute atomic E-state index is 0.0944. The number of allylic oxidation sites excluding steroid dienone is 4. The second kappa shape index (κ2) is 8.85. The molecule has 3 aliphatic rings. The van der Waals surface area contributed by atoms with E-state index in [1.807, 2.05) is 12.1 Å². The molecule has 2 aliphatic carbocycles. The predicted molar refractivity (Wildman–Crippen MR) is 133 cm³/mol. The largest absolute Gasteiger partial charge is 0.493 e. The summed E-state index contributed by atoms with van der Waals surface area (Å²) < 4.78 is 11.1. The number of ether oxygens (including phenoxy) is 2. The van der Waals surface area contributed by atoms with Crippen LogP contribution in [0, 0.1) is 10.8 Å². The number of primary amides is 1. The number of amides is 1. The van der Waals surface area contributed by atoms with Gasteiger partial charge >= 0.3 is 0 Å². The van der Waals surface area contributed by atoms with Crippen molar-refractivity contribution in [2.24, 2.45) is 16.6 Å². The maximum Gasteiger partial charge on any atom is 0.255 e. The third-order valence-corrected chi connectivity index (χ3v) is 7.23. The van der Waals surface area contributed by atoms with Crippen molar-refractivity contribution in [1.82, 2.24) is 4.90 Å². The molecule has 1 aromatic carbocycles. The van der Waals surface area contributed by atoms with Crippen LogP contribution in [0.5, 0.6) is 11.5 Å². The number of benzene rings is 1. The molecule has 1 aliphatic heterocycles. The molecule has 0 saturated carbocycles. The van der Waals surface area contributed by atoms with Gasteiger partial charge in [0.2, 0.25) is 0 Å². The highest BCUT2D eigenvalue weighted by Gasteiger charge is 2.48. The Bertz CT molecular complexity index is 1100. The minimum atomic E-state index is -0.585. The van der Waals surface area contributed by atoms with Crippen LogP contribution in [-0.4, -0.2) is 42.6 Å². The Kier molecular flexibility index (Phi) is 6.32. The lowest BCUT2D eigenvalue weighted by atomic mass is 9.63. The molecule has 35 heavy (non-hydrogen) atoms. The van der Waals surface area contributed by atoms with E-state index in [1.54, 1.807) is 6.07 Å². The number of ketones is 2. The van der Waals surface area contributed by atoms with Crippen molar-refractivity contribution < 1.29 is 23.9 Å². The van der Waals surface area contributed by atoms with E-state index in [-0.39, 0.29) is 29.0 Å². The van der Waals surface area contributed by atoms with Gasteiger partial charge in [-0.3, -0.25) is 14.4 Å². The standard InChI is InChI=1S/C28H36N2O5/c1-7-30-17-11-27(2,3)13-19(31)25(17)24(26-18(30)12-28(4,5)14-20(26)32)16-8-9-21(22(10-16)34-6)35-15-23(29)33/h8-10,24H,7,11-15H2,1-6H3,(H2,29,33). The number of methoxy groups -OCH3 is 1. The molecule has 1 heterocycles. The fraction of sp³-hybridized carbons (Fsp3) is 0.536. The Morgan fingerprint density at radius 2 is 1.51 bits per heavy atom. The summed E-state index contributed by atoms with van der Waals surface area (Å²) in [4.78, 5) is 40.8. The van der Waals surface area contributed by atoms with E-state index in [2.05, 4.69) is 39.5 Å². The van der Waals surface area contributed by atoms with Gasteiger partial charge in [-0.1, -0.05) is 33.8 Å². The molecule has 0 unspecified atom stereocenters. The molecule has 0 bridgehead atoms. The fourth-order valence-electron chi connectivity index (χ4n) is 5.89. The molecule has 188 valence electrons. The van der Waals surface area contributed by atoms with Crippen LogP contribution in [0.15, 0.2) is 40.7 Å². The summed E-state index contributed by atoms with van der Waals surface area (Å²) in [5.41, 5.74) is 9.27. The number of nitrogens with zero attached hydrogens (tertiary/aromatic N) is 1. The first-order valence-electron chi connectivity index (χ1n) is 12.3. The number of carbonyl (C=O) groups excluding carboxylic acids is 3. The van der Waals surface area contributed by atoms with Crippen LogP contribution >= 0.6 is 0 Å². The van der Waals surface area contributed by atoms with Crippen LogP contribution in [0.1, 0.15) is 71.8 Å². The summed E-state index contributed by atoms with van der Waals surface area (Å²) in [6.07, 6.45) is 2.44. The molecule has 0 saturated heterocycles. The molecule has 7 nitrogen and oxygen atoms in total. The first kappa shape index (κ1) is 25.0. The molecular weight excluding hydrogens is 444 g/mol. The van der Waals surface area contributed by atoms with Crippen LogP contribution in [0.4, 0.5) is 0 Å². The van der Waals surface area contributed by atoms with Gasteiger partial charge in [0.1, 0.15) is 0 Å². The van der Waals surface area contributed by atoms with Gasteiger partial charge in [0, 0.05) is 47.8 Å². The molecule has 2 N–H and O–H groups in total. The van der Waals surface area contributed by atoms with Crippen LogP contribution < -0.4 is 15.2 Å². The van der Waals surface area contributed by atoms with Crippen LogP contribution in [0.25, 0.3) is 0 Å². The molecule has 0 atom stereocenters. The summed E-state index contributed by atoms with van der Waals surface area (Å²) in [6, 6.07) is 5.40. The van der Waals surface area contributed by atoms with Crippen LogP contribution in [-0.2, 0) is 14.4 Å². The number of hydrogen-bond donors (Lipinski definition) is 1. The molecule has 1 aromatic rings. The summed E-state index contributed by atoms with van der Waals surface area (Å²) in [7, 11) is 1.52. The zero-order chi connectivity index (χ0) is 25.7. The number of nitrogens with two attached hydrogens (primary N) is 1. The van der Waals surface area contributed by atoms with Crippen molar-refractivity contribution in [3.8, 4) is 11.5 Å². The zero-order valence-corrected chi connectivity index (χ0v) is 21.6. The van der Waals surface area contributed by atoms with Gasteiger partial charge in [-0.15, -0.1) is 0 Å². The molecular formula is C28H36N2O5. The molecule has 0 radical (unpaired) electrons. The third kappa shape index (κ3) is 4.60. The van der Waals surface area contributed by atoms with Gasteiger partial charge in [0.15, 0.2) is 29.7 Å². The summed E-state index contributed by atoms with van der Waals surface area (Å²) in [5.74, 6) is -0.0313. The zero-order valence-electron chi connectivity index (χ0n) is 21.6. The third-order valence-electron chi connectivity index (χ3n) is 7.23. The maximum absolute atomic E-state index is 13.7. The molecule has 0 aromatic heterocycles. The monoisotopic (exact) mass is 480 g/mol. The van der Waals surface area contributed by atoms with Crippen molar-refractivity contribution in [3.63, 3.8) is 0 Å². The Balaban J connectivity index is 1.92. The number of rotatable bonds is 6. The molecule has 7 heteroatoms. The minimum Gasteiger partial charge on any atom is -0.493 e. The summed E-state index contributed by atoms with van der Waals surface area (Å²) in [6.45, 7) is 11.0. The lowest BCUT2D eigenvalue weighted by Crippen LogP contribution is -2.44. The highest BCUT2D eigenvalue weighted by atomic mass is 16.5. The van der Waals surface area contributed by atoms with Gasteiger partial charge in [0.05, 0.1) is 7.11 Å². The topological polar surface area (TPSA) is 98.9 Å². The number of carbonyl (C=O) groups is 3. The first-order chi connectivity index (χ1) is 16.4. The Morgan fingerprint density at radius 1 is 0.971 bits per heavy atom. The maximum atomic E-state index is 13.7.